The maximum absolute atomic E-state index is 9.02. The molecule has 0 saturated carbocycles. The molecule has 0 unspecified atom stereocenters. The van der Waals surface area contributed by atoms with Crippen LogP contribution in [-0.2, 0) is 4.74 Å². The van der Waals surface area contributed by atoms with Crippen LogP contribution in [0.3, 0.4) is 0 Å². The molecular weight excluding hydrogens is 201 g/mol. The molecule has 0 spiro atoms. The van der Waals surface area contributed by atoms with Crippen LogP contribution in [0, 0.1) is 11.3 Å². The molecule has 0 bridgehead atoms. The van der Waals surface area contributed by atoms with Gasteiger partial charge in [-0.1, -0.05) is 5.46 Å². The highest BCUT2D eigenvalue weighted by atomic mass is 16.5. The van der Waals surface area contributed by atoms with Gasteiger partial charge in [-0.2, -0.15) is 5.26 Å². The van der Waals surface area contributed by atoms with E-state index in [1.54, 1.807) is 6.20 Å². The molecule has 0 amide bonds. The third kappa shape index (κ3) is 2.53. The second-order valence-corrected chi connectivity index (χ2v) is 4.05. The second-order valence-electron chi connectivity index (χ2n) is 4.05. The number of anilines is 1. The van der Waals surface area contributed by atoms with Gasteiger partial charge in [0.15, 0.2) is 0 Å². The smallest absolute Gasteiger partial charge is 0.144 e. The quantitative estimate of drug-likeness (QED) is 0.694. The van der Waals surface area contributed by atoms with Crippen LogP contribution in [-0.4, -0.2) is 32.1 Å². The van der Waals surface area contributed by atoms with Crippen molar-refractivity contribution in [1.82, 2.24) is 4.98 Å². The summed E-state index contributed by atoms with van der Waals surface area (Å²) in [6, 6.07) is 4.40. The molecule has 0 aliphatic carbocycles. The van der Waals surface area contributed by atoms with Gasteiger partial charge in [0.2, 0.25) is 0 Å². The number of nitrogens with one attached hydrogen (secondary N) is 1. The van der Waals surface area contributed by atoms with Crippen molar-refractivity contribution in [1.29, 1.82) is 5.26 Å². The van der Waals surface area contributed by atoms with Gasteiger partial charge in [-0.15, -0.1) is 0 Å². The molecule has 2 heterocycles. The molecular formula is C11H14BN3O. The second kappa shape index (κ2) is 5.00. The van der Waals surface area contributed by atoms with Gasteiger partial charge in [0.1, 0.15) is 19.7 Å². The molecule has 16 heavy (non-hydrogen) atoms. The van der Waals surface area contributed by atoms with Crippen molar-refractivity contribution in [2.45, 2.75) is 18.9 Å². The van der Waals surface area contributed by atoms with Crippen molar-refractivity contribution >= 4 is 19.1 Å². The van der Waals surface area contributed by atoms with E-state index in [9.17, 15) is 0 Å². The first-order valence-electron chi connectivity index (χ1n) is 5.50. The third-order valence-electron chi connectivity index (χ3n) is 2.71. The Kier molecular flexibility index (Phi) is 3.42. The summed E-state index contributed by atoms with van der Waals surface area (Å²) < 4.78 is 5.29. The summed E-state index contributed by atoms with van der Waals surface area (Å²) in [6.45, 7) is 1.57. The number of hydrogen-bond acceptors (Lipinski definition) is 4. The monoisotopic (exact) mass is 215 g/mol. The molecule has 0 aromatic carbocycles. The molecule has 82 valence electrons. The van der Waals surface area contributed by atoms with Crippen LogP contribution >= 0.6 is 0 Å². The van der Waals surface area contributed by atoms with Crippen molar-refractivity contribution in [3.63, 3.8) is 0 Å². The van der Waals surface area contributed by atoms with Gasteiger partial charge in [0.05, 0.1) is 5.56 Å². The molecule has 1 aliphatic rings. The number of nitriles is 1. The Hall–Kier alpha value is -1.54. The lowest BCUT2D eigenvalue weighted by Crippen LogP contribution is -2.28. The lowest BCUT2D eigenvalue weighted by atomic mass is 9.97. The van der Waals surface area contributed by atoms with E-state index in [0.717, 1.165) is 31.5 Å². The van der Waals surface area contributed by atoms with E-state index in [4.69, 9.17) is 10.00 Å². The zero-order chi connectivity index (χ0) is 11.4. The largest absolute Gasteiger partial charge is 0.381 e. The fourth-order valence-electron chi connectivity index (χ4n) is 1.80. The number of nitrogens with zero attached hydrogens (tertiary/aromatic N) is 2. The van der Waals surface area contributed by atoms with Crippen molar-refractivity contribution in [2.24, 2.45) is 0 Å². The summed E-state index contributed by atoms with van der Waals surface area (Å²) in [4.78, 5) is 4.27. The molecule has 1 saturated heterocycles. The van der Waals surface area contributed by atoms with Crippen LogP contribution in [0.15, 0.2) is 12.3 Å². The molecule has 2 rings (SSSR count). The first kappa shape index (κ1) is 11.0. The maximum Gasteiger partial charge on any atom is 0.144 e. The highest BCUT2D eigenvalue weighted by Gasteiger charge is 2.15. The lowest BCUT2D eigenvalue weighted by molar-refractivity contribution is 0.0904. The minimum atomic E-state index is 0.371. The number of pyridine rings is 1. The Labute approximate surface area is 96.0 Å². The van der Waals surface area contributed by atoms with E-state index >= 15 is 0 Å². The van der Waals surface area contributed by atoms with E-state index < -0.39 is 0 Å². The summed E-state index contributed by atoms with van der Waals surface area (Å²) in [6.07, 6.45) is 3.73. The molecule has 5 heteroatoms. The highest BCUT2D eigenvalue weighted by molar-refractivity contribution is 6.32. The highest BCUT2D eigenvalue weighted by Crippen LogP contribution is 2.15. The van der Waals surface area contributed by atoms with Crippen LogP contribution in [0.5, 0.6) is 0 Å². The summed E-state index contributed by atoms with van der Waals surface area (Å²) in [5.41, 5.74) is 1.63. The first-order chi connectivity index (χ1) is 7.79. The first-order valence-corrected chi connectivity index (χ1v) is 5.50. The number of hydrogen-bond donors (Lipinski definition) is 1. The zero-order valence-electron chi connectivity index (χ0n) is 9.36. The van der Waals surface area contributed by atoms with E-state index in [0.29, 0.717) is 17.4 Å². The summed E-state index contributed by atoms with van der Waals surface area (Å²) in [7, 11) is 1.94. The van der Waals surface area contributed by atoms with Gasteiger partial charge >= 0.3 is 0 Å². The third-order valence-corrected chi connectivity index (χ3v) is 2.71. The van der Waals surface area contributed by atoms with Gasteiger partial charge < -0.3 is 10.1 Å². The zero-order valence-corrected chi connectivity index (χ0v) is 9.36. The van der Waals surface area contributed by atoms with Crippen LogP contribution in [0.2, 0.25) is 0 Å². The number of ether oxygens (including phenoxy) is 1. The van der Waals surface area contributed by atoms with Crippen LogP contribution in [0.25, 0.3) is 0 Å². The average Bonchev–Trinajstić information content (AvgIpc) is 2.33. The van der Waals surface area contributed by atoms with Crippen molar-refractivity contribution < 1.29 is 4.74 Å². The maximum atomic E-state index is 9.02. The minimum absolute atomic E-state index is 0.371. The molecule has 1 fully saturated rings. The Morgan fingerprint density at radius 1 is 1.50 bits per heavy atom. The Bertz CT molecular complexity index is 410. The van der Waals surface area contributed by atoms with E-state index in [2.05, 4.69) is 16.4 Å². The normalized spacial score (nSPS) is 16.7. The summed E-state index contributed by atoms with van der Waals surface area (Å²) >= 11 is 0. The van der Waals surface area contributed by atoms with Gasteiger partial charge in [-0.05, 0) is 18.9 Å². The van der Waals surface area contributed by atoms with Crippen molar-refractivity contribution in [3.05, 3.63) is 17.8 Å². The van der Waals surface area contributed by atoms with Gasteiger partial charge in [0.25, 0.3) is 0 Å². The molecule has 4 nitrogen and oxygen atoms in total. The molecule has 0 radical (unpaired) electrons. The fraction of sp³-hybridized carbons (Fsp3) is 0.455. The van der Waals surface area contributed by atoms with Gasteiger partial charge in [-0.3, -0.25) is 0 Å². The van der Waals surface area contributed by atoms with E-state index in [1.807, 2.05) is 13.9 Å². The van der Waals surface area contributed by atoms with E-state index in [1.165, 1.54) is 0 Å². The predicted octanol–water partition coefficient (Wildman–Crippen LogP) is -0.197. The summed E-state index contributed by atoms with van der Waals surface area (Å²) in [5, 5.41) is 12.3. The van der Waals surface area contributed by atoms with Crippen molar-refractivity contribution in [2.75, 3.05) is 18.5 Å². The molecule has 1 N–H and O–H groups in total. The molecule has 0 atom stereocenters. The summed E-state index contributed by atoms with van der Waals surface area (Å²) in [5.74, 6) is 0.694. The van der Waals surface area contributed by atoms with E-state index in [-0.39, 0.29) is 0 Å². The van der Waals surface area contributed by atoms with Gasteiger partial charge in [0, 0.05) is 25.5 Å². The predicted molar refractivity (Wildman–Crippen MR) is 64.6 cm³/mol. The number of aromatic nitrogens is 1. The standard InChI is InChI=1S/C11H14BN3O/c12-9-5-8(6-13)11(14-7-9)15-10-1-3-16-4-2-10/h5,7,10H,1-4,12H2,(H,14,15). The SMILES string of the molecule is Bc1cnc(NC2CCOCC2)c(C#N)c1. The number of rotatable bonds is 2. The molecule has 1 aromatic rings. The van der Waals surface area contributed by atoms with Crippen LogP contribution in [0.4, 0.5) is 5.82 Å². The van der Waals surface area contributed by atoms with Crippen LogP contribution < -0.4 is 10.8 Å². The lowest BCUT2D eigenvalue weighted by Gasteiger charge is -2.24. The fourth-order valence-corrected chi connectivity index (χ4v) is 1.80. The molecule has 1 aliphatic heterocycles. The minimum Gasteiger partial charge on any atom is -0.381 e. The Morgan fingerprint density at radius 3 is 2.94 bits per heavy atom. The topological polar surface area (TPSA) is 57.9 Å². The van der Waals surface area contributed by atoms with Crippen LogP contribution in [0.1, 0.15) is 18.4 Å². The van der Waals surface area contributed by atoms with Gasteiger partial charge in [-0.25, -0.2) is 4.98 Å². The Balaban J connectivity index is 2.11. The van der Waals surface area contributed by atoms with Crippen molar-refractivity contribution in [3.8, 4) is 6.07 Å². The average molecular weight is 215 g/mol. The Morgan fingerprint density at radius 2 is 2.25 bits per heavy atom. The molecule has 1 aromatic heterocycles.